The van der Waals surface area contributed by atoms with Gasteiger partial charge in [0.25, 0.3) is 6.43 Å². The van der Waals surface area contributed by atoms with Crippen molar-refractivity contribution < 1.29 is 8.78 Å². The van der Waals surface area contributed by atoms with Crippen LogP contribution in [0, 0.1) is 18.3 Å². The van der Waals surface area contributed by atoms with Crippen LogP contribution in [0.1, 0.15) is 28.9 Å². The lowest BCUT2D eigenvalue weighted by molar-refractivity contribution is 0.149. The van der Waals surface area contributed by atoms with Crippen molar-refractivity contribution in [2.75, 3.05) is 0 Å². The second kappa shape index (κ2) is 4.47. The average Bonchev–Trinajstić information content (AvgIpc) is 2.15. The molecule has 0 aliphatic heterocycles. The zero-order chi connectivity index (χ0) is 10.7. The lowest BCUT2D eigenvalue weighted by atomic mass is 10.1. The molecule has 0 saturated carbocycles. The predicted molar refractivity (Wildman–Crippen MR) is 51.3 cm³/mol. The minimum Gasteiger partial charge on any atom is -0.242 e. The van der Waals surface area contributed by atoms with Crippen molar-refractivity contribution in [2.45, 2.75) is 18.7 Å². The molecule has 0 aliphatic carbocycles. The van der Waals surface area contributed by atoms with E-state index < -0.39 is 6.43 Å². The predicted octanol–water partition coefficient (Wildman–Crippen LogP) is 3.09. The first-order valence-electron chi connectivity index (χ1n) is 3.84. The Hall–Kier alpha value is -1.02. The first kappa shape index (κ1) is 11.1. The van der Waals surface area contributed by atoms with Gasteiger partial charge in [0, 0.05) is 16.6 Å². The Balaban J connectivity index is 3.36. The number of aromatic nitrogens is 1. The molecule has 1 heterocycles. The maximum Gasteiger partial charge on any atom is 0.265 e. The molecule has 0 amide bonds. The quantitative estimate of drug-likeness (QED) is 0.767. The van der Waals surface area contributed by atoms with Crippen LogP contribution in [0.15, 0.2) is 6.07 Å². The number of alkyl halides is 3. The van der Waals surface area contributed by atoms with Crippen LogP contribution < -0.4 is 0 Å². The highest BCUT2D eigenvalue weighted by Crippen LogP contribution is 2.27. The van der Waals surface area contributed by atoms with Crippen LogP contribution in [0.2, 0.25) is 0 Å². The topological polar surface area (TPSA) is 36.7 Å². The third-order valence-corrected chi connectivity index (χ3v) is 2.42. The molecule has 0 bridgehead atoms. The summed E-state index contributed by atoms with van der Waals surface area (Å²) in [6, 6.07) is 3.21. The fraction of sp³-hybridized carbons (Fsp3) is 0.333. The number of hydrogen-bond donors (Lipinski definition) is 0. The number of nitrogens with zero attached hydrogens (tertiary/aromatic N) is 2. The Morgan fingerprint density at radius 3 is 2.71 bits per heavy atom. The molecule has 1 aromatic rings. The first-order valence-corrected chi connectivity index (χ1v) is 4.97. The van der Waals surface area contributed by atoms with E-state index in [1.165, 1.54) is 13.0 Å². The zero-order valence-corrected chi connectivity index (χ0v) is 8.98. The molecule has 74 valence electrons. The van der Waals surface area contributed by atoms with Crippen molar-refractivity contribution in [1.82, 2.24) is 4.98 Å². The van der Waals surface area contributed by atoms with Crippen molar-refractivity contribution in [3.63, 3.8) is 0 Å². The largest absolute Gasteiger partial charge is 0.265 e. The van der Waals surface area contributed by atoms with E-state index in [1.807, 2.05) is 6.07 Å². The van der Waals surface area contributed by atoms with E-state index in [2.05, 4.69) is 20.9 Å². The highest BCUT2D eigenvalue weighted by Gasteiger charge is 2.17. The van der Waals surface area contributed by atoms with Gasteiger partial charge in [0.2, 0.25) is 0 Å². The summed E-state index contributed by atoms with van der Waals surface area (Å²) in [6.45, 7) is 1.48. The Bertz CT molecular complexity index is 385. The Labute approximate surface area is 88.7 Å². The fourth-order valence-electron chi connectivity index (χ4n) is 1.21. The summed E-state index contributed by atoms with van der Waals surface area (Å²) < 4.78 is 25.1. The van der Waals surface area contributed by atoms with Crippen LogP contribution in [0.3, 0.4) is 0 Å². The van der Waals surface area contributed by atoms with Gasteiger partial charge in [0.05, 0.1) is 0 Å². The molecule has 5 heteroatoms. The van der Waals surface area contributed by atoms with Gasteiger partial charge >= 0.3 is 0 Å². The highest BCUT2D eigenvalue weighted by molar-refractivity contribution is 9.08. The summed E-state index contributed by atoms with van der Waals surface area (Å²) in [7, 11) is 0. The van der Waals surface area contributed by atoms with Gasteiger partial charge in [-0.25, -0.2) is 13.8 Å². The maximum atomic E-state index is 12.6. The van der Waals surface area contributed by atoms with Crippen LogP contribution in [-0.2, 0) is 5.33 Å². The number of pyridine rings is 1. The third-order valence-electron chi connectivity index (χ3n) is 1.81. The molecule has 0 aromatic carbocycles. The van der Waals surface area contributed by atoms with Gasteiger partial charge in [-0.1, -0.05) is 15.9 Å². The van der Waals surface area contributed by atoms with Crippen LogP contribution in [-0.4, -0.2) is 4.98 Å². The molecule has 0 spiro atoms. The summed E-state index contributed by atoms with van der Waals surface area (Å²) >= 11 is 3.10. The normalized spacial score (nSPS) is 10.3. The van der Waals surface area contributed by atoms with E-state index in [9.17, 15) is 8.78 Å². The van der Waals surface area contributed by atoms with Crippen molar-refractivity contribution >= 4 is 15.9 Å². The Morgan fingerprint density at radius 1 is 1.64 bits per heavy atom. The van der Waals surface area contributed by atoms with E-state index in [4.69, 9.17) is 5.26 Å². The smallest absolute Gasteiger partial charge is 0.242 e. The van der Waals surface area contributed by atoms with Crippen molar-refractivity contribution in [2.24, 2.45) is 0 Å². The van der Waals surface area contributed by atoms with Gasteiger partial charge in [0.15, 0.2) is 0 Å². The molecule has 1 rings (SSSR count). The molecule has 0 unspecified atom stereocenters. The minimum absolute atomic E-state index is 0.0825. The Kier molecular flexibility index (Phi) is 3.53. The van der Waals surface area contributed by atoms with Gasteiger partial charge in [-0.05, 0) is 18.6 Å². The SMILES string of the molecule is Cc1nc(C#N)cc(CBr)c1C(F)F. The van der Waals surface area contributed by atoms with Gasteiger partial charge in [0.1, 0.15) is 11.8 Å². The summed E-state index contributed by atoms with van der Waals surface area (Å²) in [4.78, 5) is 3.76. The molecule has 0 saturated heterocycles. The molecule has 0 radical (unpaired) electrons. The van der Waals surface area contributed by atoms with Gasteiger partial charge < -0.3 is 0 Å². The standard InChI is InChI=1S/C9H7BrF2N2/c1-5-8(9(11)12)6(3-10)2-7(4-13)14-5/h2,9H,3H2,1H3. The van der Waals surface area contributed by atoms with E-state index in [0.717, 1.165) is 0 Å². The molecular weight excluding hydrogens is 254 g/mol. The summed E-state index contributed by atoms with van der Waals surface area (Å²) in [5.41, 5.74) is 0.722. The second-order valence-corrected chi connectivity index (χ2v) is 3.27. The maximum absolute atomic E-state index is 12.6. The Morgan fingerprint density at radius 2 is 2.29 bits per heavy atom. The summed E-state index contributed by atoms with van der Waals surface area (Å²) in [5, 5.41) is 8.89. The number of rotatable bonds is 2. The first-order chi connectivity index (χ1) is 6.60. The monoisotopic (exact) mass is 260 g/mol. The molecule has 0 N–H and O–H groups in total. The van der Waals surface area contributed by atoms with Gasteiger partial charge in [-0.3, -0.25) is 0 Å². The van der Waals surface area contributed by atoms with Crippen molar-refractivity contribution in [1.29, 1.82) is 5.26 Å². The number of hydrogen-bond acceptors (Lipinski definition) is 2. The van der Waals surface area contributed by atoms with Crippen LogP contribution in [0.4, 0.5) is 8.78 Å². The van der Waals surface area contributed by atoms with Gasteiger partial charge in [-0.15, -0.1) is 0 Å². The van der Waals surface area contributed by atoms with Crippen LogP contribution in [0.5, 0.6) is 0 Å². The summed E-state index contributed by atoms with van der Waals surface area (Å²) in [5.74, 6) is 0. The van der Waals surface area contributed by atoms with Crippen LogP contribution in [0.25, 0.3) is 0 Å². The van der Waals surface area contributed by atoms with E-state index in [0.29, 0.717) is 10.9 Å². The number of halogens is 3. The van der Waals surface area contributed by atoms with E-state index in [-0.39, 0.29) is 17.0 Å². The van der Waals surface area contributed by atoms with Crippen molar-refractivity contribution in [3.05, 3.63) is 28.6 Å². The molecule has 0 aliphatic rings. The lowest BCUT2D eigenvalue weighted by Crippen LogP contribution is -2.01. The highest BCUT2D eigenvalue weighted by atomic mass is 79.9. The third kappa shape index (κ3) is 2.07. The fourth-order valence-corrected chi connectivity index (χ4v) is 1.68. The molecule has 0 fully saturated rings. The molecule has 1 aromatic heterocycles. The molecular formula is C9H7BrF2N2. The van der Waals surface area contributed by atoms with Crippen LogP contribution >= 0.6 is 15.9 Å². The number of aryl methyl sites for hydroxylation is 1. The van der Waals surface area contributed by atoms with E-state index >= 15 is 0 Å². The van der Waals surface area contributed by atoms with Crippen molar-refractivity contribution in [3.8, 4) is 6.07 Å². The summed E-state index contributed by atoms with van der Waals surface area (Å²) in [6.07, 6.45) is -2.55. The minimum atomic E-state index is -2.55. The number of nitriles is 1. The average molecular weight is 261 g/mol. The molecule has 2 nitrogen and oxygen atoms in total. The molecule has 14 heavy (non-hydrogen) atoms. The molecule has 0 atom stereocenters. The second-order valence-electron chi connectivity index (χ2n) is 2.71. The van der Waals surface area contributed by atoms with E-state index in [1.54, 1.807) is 0 Å². The van der Waals surface area contributed by atoms with Gasteiger partial charge in [-0.2, -0.15) is 5.26 Å². The lowest BCUT2D eigenvalue weighted by Gasteiger charge is -2.09. The zero-order valence-electron chi connectivity index (χ0n) is 7.39.